The first kappa shape index (κ1) is 23.0. The fourth-order valence-corrected chi connectivity index (χ4v) is 5.87. The van der Waals surface area contributed by atoms with Crippen LogP contribution in [0.15, 0.2) is 60.3 Å². The zero-order chi connectivity index (χ0) is 24.1. The Labute approximate surface area is 202 Å². The molecule has 2 atom stereocenters. The lowest BCUT2D eigenvalue weighted by Crippen LogP contribution is -2.52. The average Bonchev–Trinajstić information content (AvgIpc) is 3.19. The fraction of sp³-hybridized carbons (Fsp3) is 0.433. The van der Waals surface area contributed by atoms with Gasteiger partial charge in [-0.2, -0.15) is 5.10 Å². The first-order chi connectivity index (χ1) is 16.1. The molecular weight excluding hydrogens is 423 g/mol. The van der Waals surface area contributed by atoms with Gasteiger partial charge in [-0.3, -0.25) is 0 Å². The molecule has 3 aromatic rings. The number of halogens is 1. The van der Waals surface area contributed by atoms with Crippen LogP contribution in [0, 0.1) is 11.2 Å². The first-order valence-corrected chi connectivity index (χ1v) is 12.4. The molecule has 2 aliphatic carbocycles. The quantitative estimate of drug-likeness (QED) is 0.467. The molecule has 5 rings (SSSR count). The van der Waals surface area contributed by atoms with E-state index in [0.717, 1.165) is 55.5 Å². The molecular formula is C30H35FN2O. The first-order valence-electron chi connectivity index (χ1n) is 12.4. The zero-order valence-electron chi connectivity index (χ0n) is 20.7. The lowest BCUT2D eigenvalue weighted by atomic mass is 9.56. The highest BCUT2D eigenvalue weighted by atomic mass is 19.1. The molecule has 1 N–H and O–H groups in total. The molecule has 0 aliphatic heterocycles. The fourth-order valence-electron chi connectivity index (χ4n) is 5.87. The number of hydrogen-bond donors (Lipinski definition) is 1. The van der Waals surface area contributed by atoms with Gasteiger partial charge in [0.2, 0.25) is 0 Å². The van der Waals surface area contributed by atoms with Crippen molar-refractivity contribution in [3.63, 3.8) is 0 Å². The van der Waals surface area contributed by atoms with Crippen LogP contribution in [0.2, 0.25) is 0 Å². The number of aliphatic hydroxyl groups is 1. The van der Waals surface area contributed by atoms with Crippen LogP contribution in [0.3, 0.4) is 0 Å². The summed E-state index contributed by atoms with van der Waals surface area (Å²) in [4.78, 5) is 0. The highest BCUT2D eigenvalue weighted by Crippen LogP contribution is 2.54. The molecule has 1 fully saturated rings. The van der Waals surface area contributed by atoms with Crippen LogP contribution in [-0.2, 0) is 18.3 Å². The van der Waals surface area contributed by atoms with Crippen molar-refractivity contribution in [2.24, 2.45) is 5.41 Å². The number of aromatic nitrogens is 2. The van der Waals surface area contributed by atoms with Crippen LogP contribution in [0.4, 0.5) is 4.39 Å². The molecule has 1 aromatic heterocycles. The summed E-state index contributed by atoms with van der Waals surface area (Å²) in [6, 6.07) is 15.4. The number of fused-ring (bicyclic) bond motifs is 2. The Bertz CT molecular complexity index is 1220. The molecule has 4 heteroatoms. The summed E-state index contributed by atoms with van der Waals surface area (Å²) >= 11 is 0. The Balaban J connectivity index is 1.40. The highest BCUT2D eigenvalue weighted by Gasteiger charge is 2.52. The second-order valence-corrected chi connectivity index (χ2v) is 11.5. The van der Waals surface area contributed by atoms with Crippen molar-refractivity contribution in [3.8, 4) is 5.69 Å². The average molecular weight is 459 g/mol. The van der Waals surface area contributed by atoms with Crippen molar-refractivity contribution >= 4 is 6.08 Å². The molecule has 0 radical (unpaired) electrons. The second kappa shape index (κ2) is 8.20. The molecule has 1 saturated carbocycles. The van der Waals surface area contributed by atoms with E-state index in [4.69, 9.17) is 0 Å². The van der Waals surface area contributed by atoms with Crippen LogP contribution in [0.1, 0.15) is 75.8 Å². The minimum absolute atomic E-state index is 0.144. The minimum atomic E-state index is -0.755. The molecule has 34 heavy (non-hydrogen) atoms. The van der Waals surface area contributed by atoms with Crippen molar-refractivity contribution < 1.29 is 9.50 Å². The van der Waals surface area contributed by atoms with E-state index in [1.165, 1.54) is 28.8 Å². The molecule has 0 saturated heterocycles. The predicted molar refractivity (Wildman–Crippen MR) is 136 cm³/mol. The van der Waals surface area contributed by atoms with Gasteiger partial charge in [-0.15, -0.1) is 0 Å². The van der Waals surface area contributed by atoms with Gasteiger partial charge in [0.25, 0.3) is 0 Å². The topological polar surface area (TPSA) is 38.1 Å². The van der Waals surface area contributed by atoms with E-state index in [0.29, 0.717) is 0 Å². The van der Waals surface area contributed by atoms with Gasteiger partial charge in [0.05, 0.1) is 23.2 Å². The SMILES string of the molecule is CC(C)(C)c1ccc(CC[C@]2(O)CCCC3=Cc4c(cnn4-c4ccc(F)cc4)C[C@@]32C)cc1. The van der Waals surface area contributed by atoms with E-state index in [2.05, 4.69) is 63.1 Å². The maximum Gasteiger partial charge on any atom is 0.123 e. The van der Waals surface area contributed by atoms with E-state index in [1.807, 2.05) is 10.9 Å². The third-order valence-corrected chi connectivity index (χ3v) is 8.23. The standard InChI is InChI=1S/C30H35FN2O/c1-28(2,3)23-9-7-21(8-10-23)15-17-30(34)16-5-6-24-18-27-22(19-29(24,30)4)20-32-33(27)26-13-11-25(31)12-14-26/h7-14,18,20,34H,5-6,15-17,19H2,1-4H3/t29-,30+/m0/s1. The van der Waals surface area contributed by atoms with Gasteiger partial charge in [-0.05, 0) is 91.0 Å². The van der Waals surface area contributed by atoms with Crippen molar-refractivity contribution in [2.75, 3.05) is 0 Å². The Morgan fingerprint density at radius 1 is 1.06 bits per heavy atom. The highest BCUT2D eigenvalue weighted by molar-refractivity contribution is 5.62. The number of nitrogens with zero attached hydrogens (tertiary/aromatic N) is 2. The molecule has 178 valence electrons. The summed E-state index contributed by atoms with van der Waals surface area (Å²) in [5.74, 6) is -0.249. The van der Waals surface area contributed by atoms with Crippen LogP contribution >= 0.6 is 0 Å². The number of rotatable bonds is 4. The van der Waals surface area contributed by atoms with Crippen molar-refractivity contribution in [1.82, 2.24) is 9.78 Å². The van der Waals surface area contributed by atoms with Gasteiger partial charge in [-0.1, -0.05) is 57.5 Å². The number of hydrogen-bond acceptors (Lipinski definition) is 2. The summed E-state index contributed by atoms with van der Waals surface area (Å²) in [5.41, 5.74) is 6.06. The van der Waals surface area contributed by atoms with Gasteiger partial charge >= 0.3 is 0 Å². The number of aryl methyl sites for hydroxylation is 1. The monoisotopic (exact) mass is 458 g/mol. The van der Waals surface area contributed by atoms with E-state index in [-0.39, 0.29) is 16.6 Å². The summed E-state index contributed by atoms with van der Waals surface area (Å²) in [5, 5.41) is 16.7. The molecule has 0 unspecified atom stereocenters. The van der Waals surface area contributed by atoms with Crippen LogP contribution in [0.25, 0.3) is 11.8 Å². The van der Waals surface area contributed by atoms with Crippen LogP contribution in [-0.4, -0.2) is 20.5 Å². The summed E-state index contributed by atoms with van der Waals surface area (Å²) in [6.07, 6.45) is 9.34. The van der Waals surface area contributed by atoms with Gasteiger partial charge < -0.3 is 5.11 Å². The van der Waals surface area contributed by atoms with Gasteiger partial charge in [0, 0.05) is 5.41 Å². The zero-order valence-corrected chi connectivity index (χ0v) is 20.7. The molecule has 2 aromatic carbocycles. The van der Waals surface area contributed by atoms with Crippen LogP contribution < -0.4 is 0 Å². The van der Waals surface area contributed by atoms with Gasteiger partial charge in [0.1, 0.15) is 5.82 Å². The Morgan fingerprint density at radius 2 is 1.76 bits per heavy atom. The molecule has 2 aliphatic rings. The third-order valence-electron chi connectivity index (χ3n) is 8.23. The van der Waals surface area contributed by atoms with Gasteiger partial charge in [0.15, 0.2) is 0 Å². The molecule has 1 heterocycles. The Morgan fingerprint density at radius 3 is 2.44 bits per heavy atom. The van der Waals surface area contributed by atoms with Crippen LogP contribution in [0.5, 0.6) is 0 Å². The molecule has 3 nitrogen and oxygen atoms in total. The maximum absolute atomic E-state index is 13.4. The maximum atomic E-state index is 13.4. The lowest BCUT2D eigenvalue weighted by molar-refractivity contribution is -0.0843. The Kier molecular flexibility index (Phi) is 5.55. The van der Waals surface area contributed by atoms with Crippen molar-refractivity contribution in [2.45, 2.75) is 77.2 Å². The van der Waals surface area contributed by atoms with Crippen molar-refractivity contribution in [1.29, 1.82) is 0 Å². The second-order valence-electron chi connectivity index (χ2n) is 11.5. The minimum Gasteiger partial charge on any atom is -0.389 e. The predicted octanol–water partition coefficient (Wildman–Crippen LogP) is 6.80. The van der Waals surface area contributed by atoms with E-state index < -0.39 is 5.60 Å². The van der Waals surface area contributed by atoms with E-state index in [9.17, 15) is 9.50 Å². The van der Waals surface area contributed by atoms with Gasteiger partial charge in [-0.25, -0.2) is 9.07 Å². The van der Waals surface area contributed by atoms with E-state index in [1.54, 1.807) is 12.1 Å². The summed E-state index contributed by atoms with van der Waals surface area (Å²) in [6.45, 7) is 8.93. The number of benzene rings is 2. The lowest BCUT2D eigenvalue weighted by Gasteiger charge is -2.52. The smallest absolute Gasteiger partial charge is 0.123 e. The Hall–Kier alpha value is -2.72. The normalized spacial score (nSPS) is 24.4. The molecule has 0 amide bonds. The van der Waals surface area contributed by atoms with Crippen molar-refractivity contribution in [3.05, 3.63) is 88.5 Å². The summed E-state index contributed by atoms with van der Waals surface area (Å²) in [7, 11) is 0. The third kappa shape index (κ3) is 3.92. The van der Waals surface area contributed by atoms with E-state index >= 15 is 0 Å². The molecule has 0 bridgehead atoms. The largest absolute Gasteiger partial charge is 0.389 e. The molecule has 0 spiro atoms. The summed E-state index contributed by atoms with van der Waals surface area (Å²) < 4.78 is 15.3.